The second kappa shape index (κ2) is 7.55. The number of hydrogen-bond acceptors (Lipinski definition) is 3. The van der Waals surface area contributed by atoms with Crippen molar-refractivity contribution in [2.75, 3.05) is 7.11 Å². The van der Waals surface area contributed by atoms with Gasteiger partial charge < -0.3 is 9.15 Å². The zero-order valence-corrected chi connectivity index (χ0v) is 15.6. The van der Waals surface area contributed by atoms with E-state index in [1.807, 2.05) is 48.5 Å². The number of ether oxygens (including phenoxy) is 1. The van der Waals surface area contributed by atoms with Crippen molar-refractivity contribution in [2.45, 2.75) is 38.1 Å². The van der Waals surface area contributed by atoms with Crippen LogP contribution < -0.4 is 10.1 Å². The van der Waals surface area contributed by atoms with Crippen LogP contribution in [0.25, 0.3) is 22.3 Å². The van der Waals surface area contributed by atoms with Crippen molar-refractivity contribution in [3.63, 3.8) is 0 Å². The molecule has 0 bridgehead atoms. The molecule has 1 fully saturated rings. The number of halogens is 1. The van der Waals surface area contributed by atoms with E-state index in [0.717, 1.165) is 46.2 Å². The van der Waals surface area contributed by atoms with Gasteiger partial charge in [-0.1, -0.05) is 43.0 Å². The molecular formula is C22H22ClNO2. The van der Waals surface area contributed by atoms with Crippen LogP contribution in [0.3, 0.4) is 0 Å². The highest BCUT2D eigenvalue weighted by Crippen LogP contribution is 2.30. The van der Waals surface area contributed by atoms with Crippen LogP contribution >= 0.6 is 11.6 Å². The summed E-state index contributed by atoms with van der Waals surface area (Å²) in [7, 11) is 1.67. The lowest BCUT2D eigenvalue weighted by molar-refractivity contribution is 0.415. The quantitative estimate of drug-likeness (QED) is 0.569. The van der Waals surface area contributed by atoms with E-state index in [4.69, 9.17) is 25.7 Å². The minimum Gasteiger partial charge on any atom is -0.497 e. The highest BCUT2D eigenvalue weighted by molar-refractivity contribution is 6.33. The Bertz CT molecular complexity index is 987. The van der Waals surface area contributed by atoms with Gasteiger partial charge in [0.15, 0.2) is 0 Å². The summed E-state index contributed by atoms with van der Waals surface area (Å²) in [6.45, 7) is 0. The molecule has 1 aliphatic carbocycles. The summed E-state index contributed by atoms with van der Waals surface area (Å²) in [5.41, 5.74) is 1.67. The maximum absolute atomic E-state index is 6.39. The number of methoxy groups -OCH3 is 1. The summed E-state index contributed by atoms with van der Waals surface area (Å²) in [5, 5.41) is 2.60. The van der Waals surface area contributed by atoms with Gasteiger partial charge in [0.25, 0.3) is 0 Å². The van der Waals surface area contributed by atoms with Crippen molar-refractivity contribution >= 4 is 22.6 Å². The molecule has 4 heteroatoms. The first-order valence-corrected chi connectivity index (χ1v) is 9.53. The van der Waals surface area contributed by atoms with E-state index in [-0.39, 0.29) is 0 Å². The summed E-state index contributed by atoms with van der Waals surface area (Å²) < 4.78 is 11.6. The fraction of sp³-hybridized carbons (Fsp3) is 0.318. The van der Waals surface area contributed by atoms with Crippen molar-refractivity contribution in [1.82, 2.24) is 0 Å². The van der Waals surface area contributed by atoms with Gasteiger partial charge in [-0.2, -0.15) is 0 Å². The van der Waals surface area contributed by atoms with Gasteiger partial charge in [0.05, 0.1) is 23.5 Å². The Morgan fingerprint density at radius 1 is 1.04 bits per heavy atom. The number of fused-ring (bicyclic) bond motifs is 1. The standard InChI is InChI=1S/C22H22ClNO2/c1-25-16-11-12-21-18(13-16)20(24-15-7-3-2-4-8-15)14-22(26-21)17-9-5-6-10-19(17)23/h5-6,9-15H,2-4,7-8H2,1H3. The summed E-state index contributed by atoms with van der Waals surface area (Å²) in [5.74, 6) is 1.54. The molecule has 0 N–H and O–H groups in total. The van der Waals surface area contributed by atoms with Gasteiger partial charge in [0.1, 0.15) is 17.1 Å². The molecule has 3 nitrogen and oxygen atoms in total. The summed E-state index contributed by atoms with van der Waals surface area (Å²) >= 11 is 6.39. The zero-order chi connectivity index (χ0) is 17.9. The number of rotatable bonds is 3. The fourth-order valence-corrected chi connectivity index (χ4v) is 3.81. The molecule has 134 valence electrons. The highest BCUT2D eigenvalue weighted by Gasteiger charge is 2.14. The normalized spacial score (nSPS) is 16.2. The summed E-state index contributed by atoms with van der Waals surface area (Å²) in [6, 6.07) is 16.0. The van der Waals surface area contributed by atoms with Crippen molar-refractivity contribution < 1.29 is 9.15 Å². The van der Waals surface area contributed by atoms with Gasteiger partial charge in [0, 0.05) is 17.0 Å². The van der Waals surface area contributed by atoms with E-state index in [0.29, 0.717) is 11.1 Å². The maximum atomic E-state index is 6.39. The molecule has 4 rings (SSSR count). The van der Waals surface area contributed by atoms with E-state index >= 15 is 0 Å². The topological polar surface area (TPSA) is 34.7 Å². The number of benzene rings is 2. The minimum atomic E-state index is 0.375. The first kappa shape index (κ1) is 17.2. The SMILES string of the molecule is COc1ccc2oc(-c3ccccc3Cl)cc(=NC3CCCCC3)c2c1. The van der Waals surface area contributed by atoms with Crippen LogP contribution in [0.4, 0.5) is 0 Å². The Morgan fingerprint density at radius 3 is 2.62 bits per heavy atom. The second-order valence-electron chi connectivity index (χ2n) is 6.76. The summed E-state index contributed by atoms with van der Waals surface area (Å²) in [6.07, 6.45) is 6.13. The lowest BCUT2D eigenvalue weighted by atomic mass is 9.96. The molecule has 0 unspecified atom stereocenters. The average Bonchev–Trinajstić information content (AvgIpc) is 2.69. The van der Waals surface area contributed by atoms with E-state index in [1.165, 1.54) is 19.3 Å². The third-order valence-corrected chi connectivity index (χ3v) is 5.32. The minimum absolute atomic E-state index is 0.375. The van der Waals surface area contributed by atoms with Gasteiger partial charge in [-0.05, 0) is 43.2 Å². The lowest BCUT2D eigenvalue weighted by Crippen LogP contribution is -2.15. The first-order valence-electron chi connectivity index (χ1n) is 9.15. The molecule has 1 saturated carbocycles. The Labute approximate surface area is 158 Å². The molecule has 0 radical (unpaired) electrons. The molecule has 0 amide bonds. The molecule has 0 aliphatic heterocycles. The Morgan fingerprint density at radius 2 is 1.85 bits per heavy atom. The molecule has 3 aromatic rings. The smallest absolute Gasteiger partial charge is 0.138 e. The molecule has 1 aromatic heterocycles. The van der Waals surface area contributed by atoms with Gasteiger partial charge >= 0.3 is 0 Å². The van der Waals surface area contributed by atoms with Crippen molar-refractivity contribution in [3.05, 3.63) is 58.9 Å². The third kappa shape index (κ3) is 3.49. The molecule has 1 aliphatic rings. The number of nitrogens with zero attached hydrogens (tertiary/aromatic N) is 1. The predicted octanol–water partition coefficient (Wildman–Crippen LogP) is 6.00. The van der Waals surface area contributed by atoms with Gasteiger partial charge in [-0.15, -0.1) is 0 Å². The van der Waals surface area contributed by atoms with Crippen LogP contribution in [-0.4, -0.2) is 13.2 Å². The molecular weight excluding hydrogens is 346 g/mol. The Hall–Kier alpha value is -2.26. The van der Waals surface area contributed by atoms with Crippen LogP contribution in [0.1, 0.15) is 32.1 Å². The third-order valence-electron chi connectivity index (χ3n) is 4.99. The molecule has 1 heterocycles. The van der Waals surface area contributed by atoms with Crippen molar-refractivity contribution in [2.24, 2.45) is 4.99 Å². The van der Waals surface area contributed by atoms with Crippen LogP contribution in [0.5, 0.6) is 5.75 Å². The van der Waals surface area contributed by atoms with E-state index in [2.05, 4.69) is 0 Å². The second-order valence-corrected chi connectivity index (χ2v) is 7.17. The highest BCUT2D eigenvalue weighted by atomic mass is 35.5. The fourth-order valence-electron chi connectivity index (χ4n) is 3.58. The molecule has 26 heavy (non-hydrogen) atoms. The lowest BCUT2D eigenvalue weighted by Gasteiger charge is -2.17. The van der Waals surface area contributed by atoms with Gasteiger partial charge in [0.2, 0.25) is 0 Å². The van der Waals surface area contributed by atoms with Crippen molar-refractivity contribution in [1.29, 1.82) is 0 Å². The first-order chi connectivity index (χ1) is 12.7. The Balaban J connectivity index is 1.93. The van der Waals surface area contributed by atoms with Gasteiger partial charge in [-0.25, -0.2) is 0 Å². The van der Waals surface area contributed by atoms with E-state index in [1.54, 1.807) is 7.11 Å². The van der Waals surface area contributed by atoms with Crippen molar-refractivity contribution in [3.8, 4) is 17.1 Å². The Kier molecular flexibility index (Phi) is 4.98. The monoisotopic (exact) mass is 367 g/mol. The van der Waals surface area contributed by atoms with Crippen LogP contribution in [0, 0.1) is 0 Å². The summed E-state index contributed by atoms with van der Waals surface area (Å²) in [4.78, 5) is 5.08. The van der Waals surface area contributed by atoms with Crippen LogP contribution in [-0.2, 0) is 0 Å². The maximum Gasteiger partial charge on any atom is 0.138 e. The zero-order valence-electron chi connectivity index (χ0n) is 14.9. The van der Waals surface area contributed by atoms with Crippen LogP contribution in [0.15, 0.2) is 57.9 Å². The predicted molar refractivity (Wildman–Crippen MR) is 106 cm³/mol. The molecule has 2 aromatic carbocycles. The van der Waals surface area contributed by atoms with E-state index < -0.39 is 0 Å². The van der Waals surface area contributed by atoms with E-state index in [9.17, 15) is 0 Å². The number of hydrogen-bond donors (Lipinski definition) is 0. The molecule has 0 saturated heterocycles. The average molecular weight is 368 g/mol. The molecule has 0 spiro atoms. The largest absolute Gasteiger partial charge is 0.497 e. The van der Waals surface area contributed by atoms with Gasteiger partial charge in [-0.3, -0.25) is 4.99 Å². The molecule has 0 atom stereocenters. The van der Waals surface area contributed by atoms with Crippen LogP contribution in [0.2, 0.25) is 5.02 Å².